The number of piperazine rings is 1. The number of hydrogen-bond donors (Lipinski definition) is 0. The van der Waals surface area contributed by atoms with Crippen molar-refractivity contribution in [1.29, 1.82) is 0 Å². The number of ether oxygens (including phenoxy) is 1. The Bertz CT molecular complexity index is 1250. The summed E-state index contributed by atoms with van der Waals surface area (Å²) >= 11 is 0. The van der Waals surface area contributed by atoms with Crippen LogP contribution in [-0.2, 0) is 0 Å². The van der Waals surface area contributed by atoms with E-state index in [0.29, 0.717) is 23.3 Å². The number of benzene rings is 3. The van der Waals surface area contributed by atoms with Gasteiger partial charge in [-0.3, -0.25) is 9.69 Å². The van der Waals surface area contributed by atoms with Crippen molar-refractivity contribution in [1.82, 2.24) is 4.90 Å². The zero-order valence-electron chi connectivity index (χ0n) is 18.7. The molecule has 5 rings (SSSR count). The summed E-state index contributed by atoms with van der Waals surface area (Å²) < 4.78 is 12.0. The smallest absolute Gasteiger partial charge is 0.193 e. The molecule has 0 atom stereocenters. The van der Waals surface area contributed by atoms with E-state index >= 15 is 0 Å². The van der Waals surface area contributed by atoms with E-state index in [2.05, 4.69) is 40.1 Å². The van der Waals surface area contributed by atoms with Crippen molar-refractivity contribution >= 4 is 16.7 Å². The zero-order chi connectivity index (χ0) is 22.5. The maximum Gasteiger partial charge on any atom is 0.193 e. The third-order valence-electron chi connectivity index (χ3n) is 6.14. The number of anilines is 1. The van der Waals surface area contributed by atoms with Gasteiger partial charge in [-0.25, -0.2) is 0 Å². The third kappa shape index (κ3) is 5.10. The maximum atomic E-state index is 12.5. The van der Waals surface area contributed by atoms with Gasteiger partial charge in [0.2, 0.25) is 0 Å². The summed E-state index contributed by atoms with van der Waals surface area (Å²) in [6.07, 6.45) is 0.956. The largest absolute Gasteiger partial charge is 0.493 e. The van der Waals surface area contributed by atoms with Crippen molar-refractivity contribution in [2.45, 2.75) is 6.42 Å². The molecular weight excluding hydrogens is 412 g/mol. The highest BCUT2D eigenvalue weighted by atomic mass is 16.5. The number of fused-ring (bicyclic) bond motifs is 1. The van der Waals surface area contributed by atoms with Gasteiger partial charge in [0.25, 0.3) is 0 Å². The first-order valence-electron chi connectivity index (χ1n) is 11.5. The molecule has 3 aromatic carbocycles. The van der Waals surface area contributed by atoms with Gasteiger partial charge in [0, 0.05) is 56.1 Å². The minimum Gasteiger partial charge on any atom is -0.493 e. The Kier molecular flexibility index (Phi) is 6.40. The van der Waals surface area contributed by atoms with Gasteiger partial charge >= 0.3 is 0 Å². The lowest BCUT2D eigenvalue weighted by Crippen LogP contribution is -2.46. The van der Waals surface area contributed by atoms with Gasteiger partial charge in [0.05, 0.1) is 12.0 Å². The summed E-state index contributed by atoms with van der Waals surface area (Å²) in [5.74, 6) is 1.30. The lowest BCUT2D eigenvalue weighted by Gasteiger charge is -2.36. The van der Waals surface area contributed by atoms with Crippen LogP contribution in [0.25, 0.3) is 22.3 Å². The molecule has 0 radical (unpaired) electrons. The number of para-hydroxylation sites is 1. The van der Waals surface area contributed by atoms with E-state index in [1.807, 2.05) is 42.5 Å². The molecule has 168 valence electrons. The SMILES string of the molecule is O=c1cc(-c2ccccc2)oc2cc(OCCCN3CCN(c4ccccc4)CC3)ccc12. The fourth-order valence-corrected chi connectivity index (χ4v) is 4.32. The molecule has 0 saturated carbocycles. The average molecular weight is 441 g/mol. The summed E-state index contributed by atoms with van der Waals surface area (Å²) in [6.45, 7) is 5.89. The molecule has 0 N–H and O–H groups in total. The monoisotopic (exact) mass is 440 g/mol. The van der Waals surface area contributed by atoms with Gasteiger partial charge in [-0.15, -0.1) is 0 Å². The third-order valence-corrected chi connectivity index (χ3v) is 6.14. The molecule has 33 heavy (non-hydrogen) atoms. The van der Waals surface area contributed by atoms with Crippen LogP contribution in [0.2, 0.25) is 0 Å². The maximum absolute atomic E-state index is 12.5. The fraction of sp³-hybridized carbons (Fsp3) is 0.250. The highest BCUT2D eigenvalue weighted by molar-refractivity contribution is 5.80. The van der Waals surface area contributed by atoms with Crippen LogP contribution in [0.4, 0.5) is 5.69 Å². The zero-order valence-corrected chi connectivity index (χ0v) is 18.7. The summed E-state index contributed by atoms with van der Waals surface area (Å²) in [4.78, 5) is 17.5. The standard InChI is InChI=1S/C28H28N2O3/c31-26-21-27(22-8-3-1-4-9-22)33-28-20-24(12-13-25(26)28)32-19-7-14-29-15-17-30(18-16-29)23-10-5-2-6-11-23/h1-6,8-13,20-21H,7,14-19H2. The van der Waals surface area contributed by atoms with E-state index in [9.17, 15) is 4.79 Å². The molecule has 1 aromatic heterocycles. The summed E-state index contributed by atoms with van der Waals surface area (Å²) in [5.41, 5.74) is 2.70. The molecule has 0 aliphatic carbocycles. The van der Waals surface area contributed by atoms with E-state index in [-0.39, 0.29) is 5.43 Å². The number of nitrogens with zero attached hydrogens (tertiary/aromatic N) is 2. The van der Waals surface area contributed by atoms with Crippen molar-refractivity contribution in [3.05, 3.63) is 95.2 Å². The molecule has 2 heterocycles. The minimum atomic E-state index is -0.0451. The topological polar surface area (TPSA) is 45.9 Å². The highest BCUT2D eigenvalue weighted by Crippen LogP contribution is 2.25. The van der Waals surface area contributed by atoms with E-state index < -0.39 is 0 Å². The van der Waals surface area contributed by atoms with Gasteiger partial charge in [-0.1, -0.05) is 48.5 Å². The summed E-state index contributed by atoms with van der Waals surface area (Å²) in [6, 6.07) is 27.3. The predicted molar refractivity (Wildman–Crippen MR) is 133 cm³/mol. The Labute approximate surface area is 193 Å². The first-order valence-corrected chi connectivity index (χ1v) is 11.5. The normalized spacial score (nSPS) is 14.5. The lowest BCUT2D eigenvalue weighted by molar-refractivity contribution is 0.225. The van der Waals surface area contributed by atoms with E-state index in [0.717, 1.165) is 50.5 Å². The molecule has 1 fully saturated rings. The quantitative estimate of drug-likeness (QED) is 0.376. The Hall–Kier alpha value is -3.57. The van der Waals surface area contributed by atoms with E-state index in [1.54, 1.807) is 12.1 Å². The number of rotatable bonds is 7. The second kappa shape index (κ2) is 9.92. The Morgan fingerprint density at radius 2 is 1.55 bits per heavy atom. The molecule has 1 saturated heterocycles. The molecule has 5 nitrogen and oxygen atoms in total. The van der Waals surface area contributed by atoms with E-state index in [1.165, 1.54) is 5.69 Å². The Morgan fingerprint density at radius 3 is 2.30 bits per heavy atom. The van der Waals surface area contributed by atoms with Gasteiger partial charge in [0.15, 0.2) is 5.43 Å². The average Bonchev–Trinajstić information content (AvgIpc) is 2.88. The van der Waals surface area contributed by atoms with Crippen LogP contribution in [0, 0.1) is 0 Å². The molecule has 0 spiro atoms. The summed E-state index contributed by atoms with van der Waals surface area (Å²) in [7, 11) is 0. The lowest BCUT2D eigenvalue weighted by atomic mass is 10.1. The van der Waals surface area contributed by atoms with Crippen LogP contribution in [0.3, 0.4) is 0 Å². The predicted octanol–water partition coefficient (Wildman–Crippen LogP) is 5.05. The first kappa shape index (κ1) is 21.3. The van der Waals surface area contributed by atoms with Gasteiger partial charge in [-0.05, 0) is 30.7 Å². The second-order valence-electron chi connectivity index (χ2n) is 8.37. The highest BCUT2D eigenvalue weighted by Gasteiger charge is 2.16. The minimum absolute atomic E-state index is 0.0451. The van der Waals surface area contributed by atoms with Crippen LogP contribution < -0.4 is 15.1 Å². The molecule has 1 aliphatic heterocycles. The van der Waals surface area contributed by atoms with E-state index in [4.69, 9.17) is 9.15 Å². The van der Waals surface area contributed by atoms with Crippen molar-refractivity contribution in [2.24, 2.45) is 0 Å². The van der Waals surface area contributed by atoms with Gasteiger partial charge in [0.1, 0.15) is 17.1 Å². The fourth-order valence-electron chi connectivity index (χ4n) is 4.32. The molecular formula is C28H28N2O3. The summed E-state index contributed by atoms with van der Waals surface area (Å²) in [5, 5.41) is 0.568. The number of hydrogen-bond acceptors (Lipinski definition) is 5. The Balaban J connectivity index is 1.15. The van der Waals surface area contributed by atoms with Crippen molar-refractivity contribution in [3.8, 4) is 17.1 Å². The van der Waals surface area contributed by atoms with Crippen LogP contribution >= 0.6 is 0 Å². The first-order chi connectivity index (χ1) is 16.3. The van der Waals surface area contributed by atoms with Gasteiger partial charge in [-0.2, -0.15) is 0 Å². The molecule has 0 amide bonds. The molecule has 0 unspecified atom stereocenters. The molecule has 4 aromatic rings. The molecule has 0 bridgehead atoms. The van der Waals surface area contributed by atoms with Gasteiger partial charge < -0.3 is 14.1 Å². The Morgan fingerprint density at radius 1 is 0.818 bits per heavy atom. The van der Waals surface area contributed by atoms with Crippen LogP contribution in [-0.4, -0.2) is 44.2 Å². The second-order valence-corrected chi connectivity index (χ2v) is 8.37. The van der Waals surface area contributed by atoms with Crippen LogP contribution in [0.1, 0.15) is 6.42 Å². The van der Waals surface area contributed by atoms with Crippen molar-refractivity contribution in [3.63, 3.8) is 0 Å². The van der Waals surface area contributed by atoms with Crippen molar-refractivity contribution < 1.29 is 9.15 Å². The molecule has 1 aliphatic rings. The van der Waals surface area contributed by atoms with Crippen LogP contribution in [0.5, 0.6) is 5.75 Å². The van der Waals surface area contributed by atoms with Crippen LogP contribution in [0.15, 0.2) is 94.1 Å². The van der Waals surface area contributed by atoms with Crippen molar-refractivity contribution in [2.75, 3.05) is 44.2 Å². The molecule has 5 heteroatoms.